The van der Waals surface area contributed by atoms with E-state index < -0.39 is 5.54 Å². The average Bonchev–Trinajstić information content (AvgIpc) is 2.92. The standard InChI is InChI=1S/C31H36N2O2/c1-24(32-23-25-16-18-28(35-2)19-17-25)31(20-10-5-11-21-31)33-30(34)22-29(26-12-6-3-7-13-26)27-14-8-4-9-15-27/h3-4,6-9,12-19,29,32H,1,5,10-11,20-23H2,2H3,(H,33,34). The van der Waals surface area contributed by atoms with Gasteiger partial charge in [-0.15, -0.1) is 0 Å². The highest BCUT2D eigenvalue weighted by Gasteiger charge is 2.37. The van der Waals surface area contributed by atoms with Crippen LogP contribution in [-0.2, 0) is 11.3 Å². The first-order chi connectivity index (χ1) is 17.1. The van der Waals surface area contributed by atoms with Crippen LogP contribution in [0.3, 0.4) is 0 Å². The van der Waals surface area contributed by atoms with Crippen molar-refractivity contribution in [1.82, 2.24) is 10.6 Å². The molecule has 1 fully saturated rings. The average molecular weight is 469 g/mol. The molecule has 1 saturated carbocycles. The zero-order valence-corrected chi connectivity index (χ0v) is 20.6. The molecule has 1 aliphatic carbocycles. The van der Waals surface area contributed by atoms with Gasteiger partial charge in [0.25, 0.3) is 0 Å². The molecule has 1 aliphatic rings. The van der Waals surface area contributed by atoms with Crippen molar-refractivity contribution in [3.63, 3.8) is 0 Å². The Hall–Kier alpha value is -3.53. The second-order valence-corrected chi connectivity index (χ2v) is 9.45. The van der Waals surface area contributed by atoms with E-state index in [1.807, 2.05) is 48.5 Å². The maximum atomic E-state index is 13.5. The number of hydrogen-bond acceptors (Lipinski definition) is 3. The van der Waals surface area contributed by atoms with Gasteiger partial charge in [0, 0.05) is 24.6 Å². The molecule has 0 aromatic heterocycles. The zero-order valence-electron chi connectivity index (χ0n) is 20.6. The van der Waals surface area contributed by atoms with Gasteiger partial charge in [0.05, 0.1) is 12.6 Å². The minimum atomic E-state index is -0.417. The number of amides is 1. The molecule has 0 saturated heterocycles. The van der Waals surface area contributed by atoms with E-state index in [2.05, 4.69) is 53.6 Å². The highest BCUT2D eigenvalue weighted by molar-refractivity contribution is 5.79. The van der Waals surface area contributed by atoms with E-state index in [0.717, 1.165) is 53.8 Å². The van der Waals surface area contributed by atoms with E-state index in [1.165, 1.54) is 6.42 Å². The number of benzene rings is 3. The van der Waals surface area contributed by atoms with Crippen molar-refractivity contribution in [2.24, 2.45) is 0 Å². The van der Waals surface area contributed by atoms with Crippen LogP contribution in [0.2, 0.25) is 0 Å². The summed E-state index contributed by atoms with van der Waals surface area (Å²) in [5.74, 6) is 0.922. The van der Waals surface area contributed by atoms with Gasteiger partial charge in [-0.3, -0.25) is 4.79 Å². The topological polar surface area (TPSA) is 50.4 Å². The third-order valence-corrected chi connectivity index (χ3v) is 7.12. The summed E-state index contributed by atoms with van der Waals surface area (Å²) in [6.07, 6.45) is 5.60. The van der Waals surface area contributed by atoms with Crippen molar-refractivity contribution in [1.29, 1.82) is 0 Å². The molecule has 3 aromatic rings. The van der Waals surface area contributed by atoms with Crippen LogP contribution in [0.1, 0.15) is 61.1 Å². The van der Waals surface area contributed by atoms with Crippen LogP contribution in [-0.4, -0.2) is 18.6 Å². The van der Waals surface area contributed by atoms with Gasteiger partial charge in [-0.25, -0.2) is 0 Å². The van der Waals surface area contributed by atoms with Crippen molar-refractivity contribution in [3.8, 4) is 5.75 Å². The van der Waals surface area contributed by atoms with Gasteiger partial charge in [0.2, 0.25) is 5.91 Å². The first-order valence-corrected chi connectivity index (χ1v) is 12.6. The molecular weight excluding hydrogens is 432 g/mol. The number of carbonyl (C=O) groups is 1. The van der Waals surface area contributed by atoms with Crippen molar-refractivity contribution < 1.29 is 9.53 Å². The lowest BCUT2D eigenvalue weighted by Crippen LogP contribution is -2.54. The number of nitrogens with one attached hydrogen (secondary N) is 2. The quantitative estimate of drug-likeness (QED) is 0.365. The van der Waals surface area contributed by atoms with Crippen molar-refractivity contribution in [2.75, 3.05) is 7.11 Å². The lowest BCUT2D eigenvalue weighted by atomic mass is 9.78. The molecule has 0 unspecified atom stereocenters. The molecule has 0 radical (unpaired) electrons. The Labute approximate surface area is 209 Å². The maximum Gasteiger partial charge on any atom is 0.221 e. The van der Waals surface area contributed by atoms with Crippen LogP contribution in [0.25, 0.3) is 0 Å². The molecule has 3 aromatic carbocycles. The third kappa shape index (κ3) is 6.33. The predicted octanol–water partition coefficient (Wildman–Crippen LogP) is 6.34. The molecule has 1 amide bonds. The first-order valence-electron chi connectivity index (χ1n) is 12.6. The number of hydrogen-bond donors (Lipinski definition) is 2. The van der Waals surface area contributed by atoms with Crippen LogP contribution < -0.4 is 15.4 Å². The van der Waals surface area contributed by atoms with Gasteiger partial charge in [-0.1, -0.05) is 98.6 Å². The Balaban J connectivity index is 1.47. The molecule has 0 spiro atoms. The first kappa shape index (κ1) is 24.6. The number of carbonyl (C=O) groups excluding carboxylic acids is 1. The minimum Gasteiger partial charge on any atom is -0.497 e. The monoisotopic (exact) mass is 468 g/mol. The Morgan fingerprint density at radius 2 is 1.46 bits per heavy atom. The highest BCUT2D eigenvalue weighted by atomic mass is 16.5. The van der Waals surface area contributed by atoms with Crippen molar-refractivity contribution >= 4 is 5.91 Å². The summed E-state index contributed by atoms with van der Waals surface area (Å²) >= 11 is 0. The van der Waals surface area contributed by atoms with Crippen LogP contribution in [0.4, 0.5) is 0 Å². The Kier molecular flexibility index (Phi) is 8.25. The summed E-state index contributed by atoms with van der Waals surface area (Å²) < 4.78 is 5.26. The van der Waals surface area contributed by atoms with Gasteiger partial charge in [0.1, 0.15) is 5.75 Å². The lowest BCUT2D eigenvalue weighted by Gasteiger charge is -2.40. The van der Waals surface area contributed by atoms with E-state index in [1.54, 1.807) is 7.11 Å². The van der Waals surface area contributed by atoms with Crippen LogP contribution in [0, 0.1) is 0 Å². The normalized spacial score (nSPS) is 14.8. The fourth-order valence-corrected chi connectivity index (χ4v) is 5.08. The molecule has 4 heteroatoms. The van der Waals surface area contributed by atoms with Crippen LogP contribution in [0.15, 0.2) is 97.2 Å². The molecule has 4 rings (SSSR count). The van der Waals surface area contributed by atoms with Crippen molar-refractivity contribution in [3.05, 3.63) is 114 Å². The van der Waals surface area contributed by atoms with E-state index in [4.69, 9.17) is 4.74 Å². The predicted molar refractivity (Wildman–Crippen MR) is 142 cm³/mol. The molecule has 0 bridgehead atoms. The summed E-state index contributed by atoms with van der Waals surface area (Å²) in [6, 6.07) is 28.6. The molecule has 182 valence electrons. The van der Waals surface area contributed by atoms with Gasteiger partial charge >= 0.3 is 0 Å². The van der Waals surface area contributed by atoms with Crippen LogP contribution >= 0.6 is 0 Å². The van der Waals surface area contributed by atoms with Gasteiger partial charge in [0.15, 0.2) is 0 Å². The second kappa shape index (κ2) is 11.7. The Morgan fingerprint density at radius 1 is 0.886 bits per heavy atom. The number of methoxy groups -OCH3 is 1. The summed E-state index contributed by atoms with van der Waals surface area (Å²) in [7, 11) is 1.67. The molecule has 0 atom stereocenters. The Morgan fingerprint density at radius 3 is 2.00 bits per heavy atom. The number of ether oxygens (including phenoxy) is 1. The summed E-state index contributed by atoms with van der Waals surface area (Å²) in [5.41, 5.74) is 3.94. The van der Waals surface area contributed by atoms with E-state index in [-0.39, 0.29) is 11.8 Å². The fourth-order valence-electron chi connectivity index (χ4n) is 5.08. The summed E-state index contributed by atoms with van der Waals surface area (Å²) in [6.45, 7) is 5.06. The Bertz CT molecular complexity index is 1050. The second-order valence-electron chi connectivity index (χ2n) is 9.45. The smallest absolute Gasteiger partial charge is 0.221 e. The van der Waals surface area contributed by atoms with Crippen molar-refractivity contribution in [2.45, 2.75) is 56.5 Å². The molecule has 4 nitrogen and oxygen atoms in total. The van der Waals surface area contributed by atoms with Gasteiger partial charge in [-0.2, -0.15) is 0 Å². The maximum absolute atomic E-state index is 13.5. The minimum absolute atomic E-state index is 0.0126. The zero-order chi connectivity index (χ0) is 24.5. The highest BCUT2D eigenvalue weighted by Crippen LogP contribution is 2.34. The summed E-state index contributed by atoms with van der Waals surface area (Å²) in [4.78, 5) is 13.5. The summed E-state index contributed by atoms with van der Waals surface area (Å²) in [5, 5.41) is 6.95. The largest absolute Gasteiger partial charge is 0.497 e. The lowest BCUT2D eigenvalue weighted by molar-refractivity contribution is -0.123. The SMILES string of the molecule is C=C(NCc1ccc(OC)cc1)C1(NC(=O)CC(c2ccccc2)c2ccccc2)CCCCC1. The fraction of sp³-hybridized carbons (Fsp3) is 0.323. The van der Waals surface area contributed by atoms with E-state index in [9.17, 15) is 4.79 Å². The van der Waals surface area contributed by atoms with E-state index in [0.29, 0.717) is 13.0 Å². The molecule has 35 heavy (non-hydrogen) atoms. The molecule has 2 N–H and O–H groups in total. The molecular formula is C31H36N2O2. The van der Waals surface area contributed by atoms with Gasteiger partial charge in [-0.05, 0) is 41.7 Å². The third-order valence-electron chi connectivity index (χ3n) is 7.12. The van der Waals surface area contributed by atoms with Gasteiger partial charge < -0.3 is 15.4 Å². The van der Waals surface area contributed by atoms with E-state index >= 15 is 0 Å². The van der Waals surface area contributed by atoms with Crippen LogP contribution in [0.5, 0.6) is 5.75 Å². The molecule has 0 heterocycles. The number of rotatable bonds is 10. The molecule has 0 aliphatic heterocycles.